The lowest BCUT2D eigenvalue weighted by molar-refractivity contribution is -0.143. The Labute approximate surface area is 186 Å². The molecule has 0 bridgehead atoms. The van der Waals surface area contributed by atoms with E-state index in [-0.39, 0.29) is 33.1 Å². The van der Waals surface area contributed by atoms with Crippen LogP contribution < -0.4 is 11.1 Å². The highest BCUT2D eigenvalue weighted by atomic mass is 35.5. The number of amides is 1. The molecule has 4 heterocycles. The molecular weight excluding hydrogens is 474 g/mol. The maximum atomic E-state index is 13.9. The van der Waals surface area contributed by atoms with E-state index in [1.54, 1.807) is 0 Å². The number of halogens is 5. The van der Waals surface area contributed by atoms with E-state index in [2.05, 4.69) is 30.6 Å². The fraction of sp³-hybridized carbons (Fsp3) is 0.0588. The molecule has 4 aromatic heterocycles. The molecule has 0 saturated heterocycles. The summed E-state index contributed by atoms with van der Waals surface area (Å²) in [5.74, 6) is -1.11. The first kappa shape index (κ1) is 21.5. The number of nitrogens with one attached hydrogen (secondary N) is 1. The predicted molar refractivity (Wildman–Crippen MR) is 108 cm³/mol. The van der Waals surface area contributed by atoms with Crippen molar-refractivity contribution in [1.82, 2.24) is 34.7 Å². The van der Waals surface area contributed by atoms with Crippen molar-refractivity contribution in [3.8, 4) is 11.5 Å². The minimum absolute atomic E-state index is 0.0444. The van der Waals surface area contributed by atoms with Gasteiger partial charge in [0, 0.05) is 6.20 Å². The molecule has 0 aliphatic carbocycles. The number of hydrogen-bond acceptors (Lipinski definition) is 7. The lowest BCUT2D eigenvalue weighted by atomic mass is 10.2. The van der Waals surface area contributed by atoms with Gasteiger partial charge in [-0.2, -0.15) is 28.5 Å². The van der Waals surface area contributed by atoms with Crippen LogP contribution in [-0.2, 0) is 6.18 Å². The minimum Gasteiger partial charge on any atom is -0.382 e. The minimum atomic E-state index is -4.95. The smallest absolute Gasteiger partial charge is 0.382 e. The van der Waals surface area contributed by atoms with Crippen LogP contribution in [0.1, 0.15) is 16.1 Å². The molecule has 0 atom stereocenters. The Hall–Kier alpha value is -3.71. The second kappa shape index (κ2) is 8.09. The first-order valence-electron chi connectivity index (χ1n) is 8.56. The third-order valence-corrected chi connectivity index (χ3v) is 4.76. The Kier molecular flexibility index (Phi) is 5.44. The van der Waals surface area contributed by atoms with Gasteiger partial charge in [-0.25, -0.2) is 14.6 Å². The van der Waals surface area contributed by atoms with Gasteiger partial charge in [0.2, 0.25) is 0 Å². The molecular formula is C17H10Cl2F3N9O. The quantitative estimate of drug-likeness (QED) is 0.454. The van der Waals surface area contributed by atoms with Crippen molar-refractivity contribution in [1.29, 1.82) is 0 Å². The summed E-state index contributed by atoms with van der Waals surface area (Å²) in [4.78, 5) is 21.5. The molecule has 4 rings (SSSR count). The highest BCUT2D eigenvalue weighted by Crippen LogP contribution is 2.36. The average molecular weight is 484 g/mol. The number of carbonyl (C=O) groups excluding carboxylic acids is 1. The van der Waals surface area contributed by atoms with Gasteiger partial charge < -0.3 is 11.1 Å². The van der Waals surface area contributed by atoms with Gasteiger partial charge in [0.25, 0.3) is 5.91 Å². The molecule has 0 fully saturated rings. The average Bonchev–Trinajstić information content (AvgIpc) is 3.40. The zero-order valence-corrected chi connectivity index (χ0v) is 17.1. The second-order valence-corrected chi connectivity index (χ2v) is 6.93. The van der Waals surface area contributed by atoms with Gasteiger partial charge >= 0.3 is 6.18 Å². The number of pyridine rings is 2. The van der Waals surface area contributed by atoms with E-state index in [4.69, 9.17) is 28.9 Å². The lowest BCUT2D eigenvalue weighted by Crippen LogP contribution is -2.21. The summed E-state index contributed by atoms with van der Waals surface area (Å²) in [6.45, 7) is 0. The standard InChI is InChI=1S/C17H10Cl2F3N9O/c18-10-5-8(6-25-15(10)31-26-3-4-27-31)29-16(32)9-7-28-30(13(9)17(20,21)22)11-1-2-24-14(23)12(11)19/h1-7H,(H2,23,24)(H,29,32). The van der Waals surface area contributed by atoms with Gasteiger partial charge in [-0.1, -0.05) is 23.2 Å². The molecule has 164 valence electrons. The SMILES string of the molecule is Nc1nccc(-n2ncc(C(=O)Nc3cnc(-n4nccn4)c(Cl)c3)c2C(F)(F)F)c1Cl. The molecule has 3 N–H and O–H groups in total. The largest absolute Gasteiger partial charge is 0.434 e. The zero-order chi connectivity index (χ0) is 23.0. The molecule has 0 radical (unpaired) electrons. The highest BCUT2D eigenvalue weighted by Gasteiger charge is 2.41. The van der Waals surface area contributed by atoms with Crippen LogP contribution in [0.2, 0.25) is 10.0 Å². The molecule has 4 aromatic rings. The Morgan fingerprint density at radius 2 is 1.78 bits per heavy atom. The molecule has 0 aliphatic heterocycles. The summed E-state index contributed by atoms with van der Waals surface area (Å²) in [7, 11) is 0. The number of alkyl halides is 3. The zero-order valence-electron chi connectivity index (χ0n) is 15.5. The van der Waals surface area contributed by atoms with Gasteiger partial charge in [-0.3, -0.25) is 4.79 Å². The van der Waals surface area contributed by atoms with Crippen molar-refractivity contribution in [3.05, 3.63) is 64.4 Å². The molecule has 0 aliphatic rings. The van der Waals surface area contributed by atoms with Crippen molar-refractivity contribution in [2.45, 2.75) is 6.18 Å². The molecule has 0 unspecified atom stereocenters. The van der Waals surface area contributed by atoms with Crippen LogP contribution in [-0.4, -0.2) is 40.6 Å². The Morgan fingerprint density at radius 3 is 2.44 bits per heavy atom. The number of aromatic nitrogens is 7. The van der Waals surface area contributed by atoms with Gasteiger partial charge in [0.15, 0.2) is 11.5 Å². The molecule has 0 aromatic carbocycles. The van der Waals surface area contributed by atoms with Crippen molar-refractivity contribution in [2.24, 2.45) is 0 Å². The fourth-order valence-electron chi connectivity index (χ4n) is 2.75. The van der Waals surface area contributed by atoms with E-state index in [0.29, 0.717) is 4.68 Å². The van der Waals surface area contributed by atoms with Crippen LogP contribution in [0.25, 0.3) is 11.5 Å². The van der Waals surface area contributed by atoms with Crippen molar-refractivity contribution < 1.29 is 18.0 Å². The van der Waals surface area contributed by atoms with Crippen LogP contribution in [0, 0.1) is 0 Å². The van der Waals surface area contributed by atoms with Crippen molar-refractivity contribution in [3.63, 3.8) is 0 Å². The third-order valence-electron chi connectivity index (χ3n) is 4.09. The van der Waals surface area contributed by atoms with E-state index >= 15 is 0 Å². The van der Waals surface area contributed by atoms with Crippen LogP contribution >= 0.6 is 23.2 Å². The number of nitrogens with two attached hydrogens (primary N) is 1. The van der Waals surface area contributed by atoms with Gasteiger partial charge in [-0.15, -0.1) is 4.80 Å². The second-order valence-electron chi connectivity index (χ2n) is 6.15. The lowest BCUT2D eigenvalue weighted by Gasteiger charge is -2.14. The summed E-state index contributed by atoms with van der Waals surface area (Å²) in [6.07, 6.45) is 1.00. The molecule has 0 saturated carbocycles. The summed E-state index contributed by atoms with van der Waals surface area (Å²) < 4.78 is 42.0. The van der Waals surface area contributed by atoms with E-state index < -0.39 is 23.3 Å². The van der Waals surface area contributed by atoms with Gasteiger partial charge in [-0.05, 0) is 12.1 Å². The first-order valence-corrected chi connectivity index (χ1v) is 9.31. The van der Waals surface area contributed by atoms with Gasteiger partial charge in [0.05, 0.1) is 46.7 Å². The third kappa shape index (κ3) is 3.94. The predicted octanol–water partition coefficient (Wildman–Crippen LogP) is 3.40. The van der Waals surface area contributed by atoms with Crippen LogP contribution in [0.3, 0.4) is 0 Å². The maximum Gasteiger partial charge on any atom is 0.434 e. The molecule has 15 heteroatoms. The van der Waals surface area contributed by atoms with Crippen molar-refractivity contribution in [2.75, 3.05) is 11.1 Å². The Morgan fingerprint density at radius 1 is 1.06 bits per heavy atom. The maximum absolute atomic E-state index is 13.9. The van der Waals surface area contributed by atoms with E-state index in [1.165, 1.54) is 36.9 Å². The Balaban J connectivity index is 1.70. The number of anilines is 2. The van der Waals surface area contributed by atoms with Crippen molar-refractivity contribution >= 4 is 40.6 Å². The van der Waals surface area contributed by atoms with Crippen LogP contribution in [0.5, 0.6) is 0 Å². The first-order chi connectivity index (χ1) is 15.2. The number of nitrogens with zero attached hydrogens (tertiary/aromatic N) is 7. The van der Waals surface area contributed by atoms with Crippen LogP contribution in [0.4, 0.5) is 24.7 Å². The Bertz CT molecular complexity index is 1310. The molecule has 32 heavy (non-hydrogen) atoms. The number of carbonyl (C=O) groups is 1. The molecule has 10 nitrogen and oxygen atoms in total. The summed E-state index contributed by atoms with van der Waals surface area (Å²) in [6, 6.07) is 2.48. The van der Waals surface area contributed by atoms with E-state index in [9.17, 15) is 18.0 Å². The molecule has 1 amide bonds. The summed E-state index contributed by atoms with van der Waals surface area (Å²) in [5.41, 5.74) is 3.33. The van der Waals surface area contributed by atoms with E-state index in [1.807, 2.05) is 0 Å². The van der Waals surface area contributed by atoms with Gasteiger partial charge in [0.1, 0.15) is 10.8 Å². The summed E-state index contributed by atoms with van der Waals surface area (Å²) in [5, 5.41) is 13.6. The highest BCUT2D eigenvalue weighted by molar-refractivity contribution is 6.34. The number of hydrogen-bond donors (Lipinski definition) is 2. The summed E-state index contributed by atoms with van der Waals surface area (Å²) >= 11 is 12.1. The molecule has 0 spiro atoms. The monoisotopic (exact) mass is 483 g/mol. The topological polar surface area (TPSA) is 129 Å². The van der Waals surface area contributed by atoms with E-state index in [0.717, 1.165) is 11.0 Å². The normalized spacial score (nSPS) is 11.5. The fourth-order valence-corrected chi connectivity index (χ4v) is 3.19. The number of nitrogen functional groups attached to an aromatic ring is 1. The number of rotatable bonds is 4. The van der Waals surface area contributed by atoms with Crippen LogP contribution in [0.15, 0.2) is 43.1 Å².